The van der Waals surface area contributed by atoms with Crippen LogP contribution in [0.15, 0.2) is 28.0 Å². The maximum absolute atomic E-state index is 12.1. The van der Waals surface area contributed by atoms with Gasteiger partial charge in [-0.1, -0.05) is 0 Å². The normalized spacial score (nSPS) is 19.6. The van der Waals surface area contributed by atoms with Crippen molar-refractivity contribution in [3.05, 3.63) is 18.2 Å². The molecule has 0 radical (unpaired) electrons. The Morgan fingerprint density at radius 1 is 1.13 bits per heavy atom. The average Bonchev–Trinajstić information content (AvgIpc) is 2.44. The molecule has 0 bridgehead atoms. The minimum Gasteiger partial charge on any atom is -0.480 e. The van der Waals surface area contributed by atoms with E-state index in [9.17, 15) is 26.7 Å². The average molecular weight is 361 g/mol. The Bertz CT molecular complexity index is 829. The first kappa shape index (κ1) is 17.7. The van der Waals surface area contributed by atoms with Crippen molar-refractivity contribution in [3.8, 4) is 0 Å². The van der Waals surface area contributed by atoms with Crippen molar-refractivity contribution in [2.24, 2.45) is 0 Å². The molecular formula is C14H19NO6S2. The van der Waals surface area contributed by atoms with Gasteiger partial charge in [0.1, 0.15) is 6.04 Å². The number of aliphatic carboxylic acids is 1. The topological polar surface area (TPSA) is 109 Å². The van der Waals surface area contributed by atoms with Crippen molar-refractivity contribution in [2.45, 2.75) is 35.1 Å². The van der Waals surface area contributed by atoms with Gasteiger partial charge < -0.3 is 10.0 Å². The highest BCUT2D eigenvalue weighted by molar-refractivity contribution is 7.91. The molecule has 1 aliphatic rings. The summed E-state index contributed by atoms with van der Waals surface area (Å²) in [6.07, 6.45) is 3.91. The van der Waals surface area contributed by atoms with Gasteiger partial charge >= 0.3 is 5.97 Å². The number of sulfone groups is 2. The number of carboxylic acids is 1. The quantitative estimate of drug-likeness (QED) is 0.850. The largest absolute Gasteiger partial charge is 0.480 e. The van der Waals surface area contributed by atoms with Gasteiger partial charge in [0, 0.05) is 19.1 Å². The molecule has 7 nitrogen and oxygen atoms in total. The van der Waals surface area contributed by atoms with Crippen LogP contribution in [0.2, 0.25) is 0 Å². The van der Waals surface area contributed by atoms with E-state index in [0.29, 0.717) is 13.0 Å². The van der Waals surface area contributed by atoms with E-state index in [2.05, 4.69) is 0 Å². The third-order valence-corrected chi connectivity index (χ3v) is 6.09. The van der Waals surface area contributed by atoms with E-state index >= 15 is 0 Å². The summed E-state index contributed by atoms with van der Waals surface area (Å²) in [7, 11) is -7.28. The van der Waals surface area contributed by atoms with Crippen LogP contribution in [0.25, 0.3) is 0 Å². The molecule has 0 saturated carbocycles. The standard InChI is InChI=1S/C14H19NO6S2/c1-22(18,19)10-6-7-11(13(9-10)23(2,20)21)15-8-4-3-5-12(15)14(16)17/h6-7,9,12H,3-5,8H2,1-2H3,(H,16,17). The fourth-order valence-electron chi connectivity index (χ4n) is 2.74. The van der Waals surface area contributed by atoms with Crippen LogP contribution in [0.5, 0.6) is 0 Å². The summed E-state index contributed by atoms with van der Waals surface area (Å²) in [6, 6.07) is 2.99. The van der Waals surface area contributed by atoms with Crippen LogP contribution in [0.4, 0.5) is 5.69 Å². The molecule has 0 amide bonds. The van der Waals surface area contributed by atoms with Crippen molar-refractivity contribution < 1.29 is 26.7 Å². The molecule has 128 valence electrons. The number of carbonyl (C=O) groups is 1. The van der Waals surface area contributed by atoms with Gasteiger partial charge in [-0.3, -0.25) is 0 Å². The highest BCUT2D eigenvalue weighted by Gasteiger charge is 2.32. The smallest absolute Gasteiger partial charge is 0.326 e. The van der Waals surface area contributed by atoms with Gasteiger partial charge in [0.15, 0.2) is 19.7 Å². The van der Waals surface area contributed by atoms with E-state index in [1.54, 1.807) is 0 Å². The van der Waals surface area contributed by atoms with Gasteiger partial charge in [-0.2, -0.15) is 0 Å². The summed E-state index contributed by atoms with van der Waals surface area (Å²) in [6.45, 7) is 0.414. The molecule has 0 aromatic heterocycles. The van der Waals surface area contributed by atoms with Crippen molar-refractivity contribution in [1.82, 2.24) is 0 Å². The third-order valence-electron chi connectivity index (χ3n) is 3.86. The zero-order valence-corrected chi connectivity index (χ0v) is 14.5. The molecule has 2 rings (SSSR count). The van der Waals surface area contributed by atoms with Gasteiger partial charge in [-0.05, 0) is 37.5 Å². The van der Waals surface area contributed by atoms with E-state index in [-0.39, 0.29) is 15.5 Å². The molecule has 1 aromatic rings. The lowest BCUT2D eigenvalue weighted by molar-refractivity contribution is -0.139. The molecule has 1 fully saturated rings. The molecule has 0 spiro atoms. The molecule has 1 heterocycles. The fraction of sp³-hybridized carbons (Fsp3) is 0.500. The second kappa shape index (κ2) is 6.12. The summed E-state index contributed by atoms with van der Waals surface area (Å²) in [5, 5.41) is 9.36. The molecule has 1 N–H and O–H groups in total. The lowest BCUT2D eigenvalue weighted by atomic mass is 10.0. The fourth-order valence-corrected chi connectivity index (χ4v) is 4.36. The molecular weight excluding hydrogens is 342 g/mol. The zero-order valence-electron chi connectivity index (χ0n) is 12.9. The lowest BCUT2D eigenvalue weighted by Gasteiger charge is -2.35. The molecule has 1 aliphatic heterocycles. The van der Waals surface area contributed by atoms with Crippen molar-refractivity contribution in [2.75, 3.05) is 24.0 Å². The minimum atomic E-state index is -3.71. The van der Waals surface area contributed by atoms with Gasteiger partial charge in [0.25, 0.3) is 0 Å². The SMILES string of the molecule is CS(=O)(=O)c1ccc(N2CCCCC2C(=O)O)c(S(C)(=O)=O)c1. The summed E-state index contributed by atoms with van der Waals surface area (Å²) in [5.41, 5.74) is 0.243. The maximum atomic E-state index is 12.1. The monoisotopic (exact) mass is 361 g/mol. The zero-order chi connectivity index (χ0) is 17.4. The first-order valence-corrected chi connectivity index (χ1v) is 10.8. The number of hydrogen-bond acceptors (Lipinski definition) is 6. The second-order valence-corrected chi connectivity index (χ2v) is 9.72. The number of piperidine rings is 1. The van der Waals surface area contributed by atoms with Crippen LogP contribution in [0.3, 0.4) is 0 Å². The maximum Gasteiger partial charge on any atom is 0.326 e. The van der Waals surface area contributed by atoms with Crippen molar-refractivity contribution >= 4 is 31.3 Å². The van der Waals surface area contributed by atoms with Crippen molar-refractivity contribution in [3.63, 3.8) is 0 Å². The second-order valence-electron chi connectivity index (χ2n) is 5.72. The minimum absolute atomic E-state index is 0.106. The number of rotatable bonds is 4. The van der Waals surface area contributed by atoms with Gasteiger partial charge in [-0.15, -0.1) is 0 Å². The van der Waals surface area contributed by atoms with E-state index in [1.165, 1.54) is 17.0 Å². The summed E-state index contributed by atoms with van der Waals surface area (Å²) >= 11 is 0. The Morgan fingerprint density at radius 3 is 2.30 bits per heavy atom. The van der Waals surface area contributed by atoms with E-state index in [4.69, 9.17) is 0 Å². The van der Waals surface area contributed by atoms with Crippen LogP contribution in [-0.4, -0.2) is 53.0 Å². The predicted molar refractivity (Wildman–Crippen MR) is 85.3 cm³/mol. The van der Waals surface area contributed by atoms with Gasteiger partial charge in [-0.25, -0.2) is 21.6 Å². The predicted octanol–water partition coefficient (Wildman–Crippen LogP) is 0.937. The van der Waals surface area contributed by atoms with Gasteiger partial charge in [0.2, 0.25) is 0 Å². The molecule has 1 saturated heterocycles. The number of carboxylic acid groups (broad SMARTS) is 1. The van der Waals surface area contributed by atoms with Crippen LogP contribution in [-0.2, 0) is 24.5 Å². The number of hydrogen-bond donors (Lipinski definition) is 1. The molecule has 1 atom stereocenters. The van der Waals surface area contributed by atoms with Crippen LogP contribution >= 0.6 is 0 Å². The van der Waals surface area contributed by atoms with E-state index in [0.717, 1.165) is 31.4 Å². The van der Waals surface area contributed by atoms with Crippen LogP contribution in [0.1, 0.15) is 19.3 Å². The Labute approximate surface area is 135 Å². The number of benzene rings is 1. The number of nitrogens with zero attached hydrogens (tertiary/aromatic N) is 1. The van der Waals surface area contributed by atoms with Crippen LogP contribution < -0.4 is 4.90 Å². The van der Waals surface area contributed by atoms with Crippen molar-refractivity contribution in [1.29, 1.82) is 0 Å². The first-order chi connectivity index (χ1) is 10.5. The number of anilines is 1. The molecule has 23 heavy (non-hydrogen) atoms. The van der Waals surface area contributed by atoms with Crippen LogP contribution in [0, 0.1) is 0 Å². The molecule has 0 aliphatic carbocycles. The highest BCUT2D eigenvalue weighted by atomic mass is 32.2. The Morgan fingerprint density at radius 2 is 1.78 bits per heavy atom. The Balaban J connectivity index is 2.64. The molecule has 1 unspecified atom stereocenters. The summed E-state index contributed by atoms with van der Waals surface area (Å²) in [4.78, 5) is 12.7. The van der Waals surface area contributed by atoms with E-state index in [1.807, 2.05) is 0 Å². The Kier molecular flexibility index (Phi) is 4.72. The summed E-state index contributed by atoms with van der Waals surface area (Å²) < 4.78 is 47.5. The lowest BCUT2D eigenvalue weighted by Crippen LogP contribution is -2.45. The van der Waals surface area contributed by atoms with Gasteiger partial charge in [0.05, 0.1) is 15.5 Å². The van der Waals surface area contributed by atoms with E-state index < -0.39 is 31.7 Å². The first-order valence-electron chi connectivity index (χ1n) is 7.05. The third kappa shape index (κ3) is 3.84. The summed E-state index contributed by atoms with van der Waals surface area (Å²) in [5.74, 6) is -1.02. The molecule has 1 aromatic carbocycles. The molecule has 9 heteroatoms. The highest BCUT2D eigenvalue weighted by Crippen LogP contribution is 2.32. The Hall–Kier alpha value is -1.61.